The zero-order valence-corrected chi connectivity index (χ0v) is 16.2. The summed E-state index contributed by atoms with van der Waals surface area (Å²) in [6.07, 6.45) is 6.28. The van der Waals surface area contributed by atoms with Crippen molar-refractivity contribution in [2.24, 2.45) is 0 Å². The Morgan fingerprint density at radius 2 is 1.96 bits per heavy atom. The normalized spacial score (nSPS) is 17.7. The lowest BCUT2D eigenvalue weighted by molar-refractivity contribution is 0.411. The van der Waals surface area contributed by atoms with Gasteiger partial charge in [-0.25, -0.2) is 4.68 Å². The SMILES string of the molecule is CC(NC1CCc2[nH]n(-c3ccc(Br)cc3)c(=O)c2C1)c1ccncc1. The van der Waals surface area contributed by atoms with Gasteiger partial charge in [0.25, 0.3) is 5.56 Å². The average Bonchev–Trinajstić information content (AvgIpc) is 2.99. The molecular weight excluding hydrogens is 392 g/mol. The third-order valence-corrected chi connectivity index (χ3v) is 5.57. The van der Waals surface area contributed by atoms with Crippen LogP contribution in [0.15, 0.2) is 58.1 Å². The Balaban J connectivity index is 1.54. The van der Waals surface area contributed by atoms with Gasteiger partial charge in [-0.3, -0.25) is 14.9 Å². The van der Waals surface area contributed by atoms with Gasteiger partial charge in [-0.1, -0.05) is 15.9 Å². The minimum absolute atomic E-state index is 0.0605. The number of hydrogen-bond donors (Lipinski definition) is 2. The minimum atomic E-state index is 0.0605. The van der Waals surface area contributed by atoms with Gasteiger partial charge in [0.2, 0.25) is 0 Å². The Bertz CT molecular complexity index is 946. The molecule has 0 aliphatic heterocycles. The average molecular weight is 413 g/mol. The summed E-state index contributed by atoms with van der Waals surface area (Å²) in [7, 11) is 0. The zero-order valence-electron chi connectivity index (χ0n) is 14.6. The molecule has 4 rings (SSSR count). The second-order valence-electron chi connectivity index (χ2n) is 6.79. The molecule has 1 aliphatic rings. The second-order valence-corrected chi connectivity index (χ2v) is 7.71. The molecule has 2 N–H and O–H groups in total. The topological polar surface area (TPSA) is 62.7 Å². The van der Waals surface area contributed by atoms with Crippen molar-refractivity contribution in [3.05, 3.63) is 80.4 Å². The lowest BCUT2D eigenvalue weighted by Gasteiger charge is -2.26. The van der Waals surface area contributed by atoms with Crippen molar-refractivity contribution < 1.29 is 0 Å². The second kappa shape index (κ2) is 7.21. The zero-order chi connectivity index (χ0) is 18.1. The van der Waals surface area contributed by atoms with Crippen LogP contribution in [-0.2, 0) is 12.8 Å². The van der Waals surface area contributed by atoms with Crippen LogP contribution >= 0.6 is 15.9 Å². The summed E-state index contributed by atoms with van der Waals surface area (Å²) >= 11 is 3.43. The van der Waals surface area contributed by atoms with Crippen LogP contribution in [0.1, 0.15) is 36.2 Å². The van der Waals surface area contributed by atoms with Crippen LogP contribution in [0.3, 0.4) is 0 Å². The molecule has 0 radical (unpaired) electrons. The number of rotatable bonds is 4. The molecule has 1 aromatic carbocycles. The van der Waals surface area contributed by atoms with E-state index in [-0.39, 0.29) is 11.6 Å². The van der Waals surface area contributed by atoms with E-state index in [1.54, 1.807) is 4.68 Å². The van der Waals surface area contributed by atoms with Gasteiger partial charge in [0.1, 0.15) is 0 Å². The molecule has 2 atom stereocenters. The molecule has 5 nitrogen and oxygen atoms in total. The molecular formula is C20H21BrN4O. The lowest BCUT2D eigenvalue weighted by atomic mass is 9.92. The molecule has 26 heavy (non-hydrogen) atoms. The summed E-state index contributed by atoms with van der Waals surface area (Å²) in [6, 6.07) is 12.4. The van der Waals surface area contributed by atoms with E-state index in [2.05, 4.69) is 38.3 Å². The van der Waals surface area contributed by atoms with Crippen LogP contribution in [0.2, 0.25) is 0 Å². The largest absolute Gasteiger partial charge is 0.307 e. The van der Waals surface area contributed by atoms with Crippen molar-refractivity contribution in [1.82, 2.24) is 20.1 Å². The van der Waals surface area contributed by atoms with Crippen LogP contribution in [0, 0.1) is 0 Å². The number of pyridine rings is 1. The number of aromatic nitrogens is 3. The summed E-state index contributed by atoms with van der Waals surface area (Å²) in [4.78, 5) is 17.0. The van der Waals surface area contributed by atoms with E-state index in [0.29, 0.717) is 6.04 Å². The van der Waals surface area contributed by atoms with E-state index in [9.17, 15) is 4.79 Å². The van der Waals surface area contributed by atoms with Gasteiger partial charge in [-0.2, -0.15) is 0 Å². The van der Waals surface area contributed by atoms with Crippen molar-refractivity contribution in [2.75, 3.05) is 0 Å². The van der Waals surface area contributed by atoms with Gasteiger partial charge in [0.05, 0.1) is 5.69 Å². The molecule has 0 saturated carbocycles. The summed E-state index contributed by atoms with van der Waals surface area (Å²) in [6.45, 7) is 2.15. The highest BCUT2D eigenvalue weighted by Crippen LogP contribution is 2.22. The maximum Gasteiger partial charge on any atom is 0.274 e. The van der Waals surface area contributed by atoms with Gasteiger partial charge in [0, 0.05) is 40.2 Å². The van der Waals surface area contributed by atoms with E-state index in [1.807, 2.05) is 48.8 Å². The number of H-pyrrole nitrogens is 1. The Morgan fingerprint density at radius 3 is 2.69 bits per heavy atom. The molecule has 0 saturated heterocycles. The van der Waals surface area contributed by atoms with Crippen molar-refractivity contribution in [2.45, 2.75) is 38.3 Å². The van der Waals surface area contributed by atoms with E-state index in [1.165, 1.54) is 5.56 Å². The van der Waals surface area contributed by atoms with Crippen molar-refractivity contribution in [1.29, 1.82) is 0 Å². The monoisotopic (exact) mass is 412 g/mol. The van der Waals surface area contributed by atoms with Crippen molar-refractivity contribution in [3.63, 3.8) is 0 Å². The fourth-order valence-electron chi connectivity index (χ4n) is 3.62. The van der Waals surface area contributed by atoms with Gasteiger partial charge < -0.3 is 5.32 Å². The van der Waals surface area contributed by atoms with Crippen molar-refractivity contribution >= 4 is 15.9 Å². The van der Waals surface area contributed by atoms with Crippen LogP contribution in [-0.4, -0.2) is 20.8 Å². The Hall–Kier alpha value is -2.18. The van der Waals surface area contributed by atoms with Gasteiger partial charge >= 0.3 is 0 Å². The van der Waals surface area contributed by atoms with Crippen LogP contribution in [0.5, 0.6) is 0 Å². The first kappa shape index (κ1) is 17.2. The number of aromatic amines is 1. The first-order valence-corrected chi connectivity index (χ1v) is 9.66. The number of aryl methyl sites for hydroxylation is 1. The number of benzene rings is 1. The Kier molecular flexibility index (Phi) is 4.78. The number of hydrogen-bond acceptors (Lipinski definition) is 3. The molecule has 1 aliphatic carbocycles. The van der Waals surface area contributed by atoms with E-state index in [0.717, 1.165) is 40.7 Å². The minimum Gasteiger partial charge on any atom is -0.307 e. The summed E-state index contributed by atoms with van der Waals surface area (Å²) < 4.78 is 2.66. The van der Waals surface area contributed by atoms with Gasteiger partial charge in [-0.15, -0.1) is 0 Å². The number of fused-ring (bicyclic) bond motifs is 1. The predicted molar refractivity (Wildman–Crippen MR) is 106 cm³/mol. The molecule has 0 fully saturated rings. The van der Waals surface area contributed by atoms with Crippen molar-refractivity contribution in [3.8, 4) is 5.69 Å². The summed E-state index contributed by atoms with van der Waals surface area (Å²) in [5.74, 6) is 0. The van der Waals surface area contributed by atoms with Crippen LogP contribution < -0.4 is 10.9 Å². The molecule has 0 spiro atoms. The molecule has 2 unspecified atom stereocenters. The molecule has 0 bridgehead atoms. The lowest BCUT2D eigenvalue weighted by Crippen LogP contribution is -2.37. The standard InChI is InChI=1S/C20H21BrN4O/c1-13(14-8-10-22-11-9-14)23-16-4-7-19-18(12-16)20(26)25(24-19)17-5-2-15(21)3-6-17/h2-3,5-6,8-11,13,16,23-24H,4,7,12H2,1H3. The third-order valence-electron chi connectivity index (χ3n) is 5.04. The molecule has 2 heterocycles. The molecule has 134 valence electrons. The van der Waals surface area contributed by atoms with E-state index >= 15 is 0 Å². The Morgan fingerprint density at radius 1 is 1.23 bits per heavy atom. The smallest absolute Gasteiger partial charge is 0.274 e. The quantitative estimate of drug-likeness (QED) is 0.688. The third kappa shape index (κ3) is 3.39. The van der Waals surface area contributed by atoms with Crippen LogP contribution in [0.25, 0.3) is 5.69 Å². The first-order chi connectivity index (χ1) is 12.6. The molecule has 0 amide bonds. The fourth-order valence-corrected chi connectivity index (χ4v) is 3.88. The highest BCUT2D eigenvalue weighted by Gasteiger charge is 2.25. The number of nitrogens with zero attached hydrogens (tertiary/aromatic N) is 2. The fraction of sp³-hybridized carbons (Fsp3) is 0.300. The van der Waals surface area contributed by atoms with Gasteiger partial charge in [-0.05, 0) is 68.1 Å². The maximum absolute atomic E-state index is 12.9. The van der Waals surface area contributed by atoms with E-state index < -0.39 is 0 Å². The molecule has 6 heteroatoms. The number of nitrogens with one attached hydrogen (secondary N) is 2. The maximum atomic E-state index is 12.9. The molecule has 3 aromatic rings. The summed E-state index contributed by atoms with van der Waals surface area (Å²) in [5, 5.41) is 6.96. The number of halogens is 1. The summed E-state index contributed by atoms with van der Waals surface area (Å²) in [5.41, 5.74) is 4.10. The van der Waals surface area contributed by atoms with E-state index in [4.69, 9.17) is 0 Å². The van der Waals surface area contributed by atoms with Crippen LogP contribution in [0.4, 0.5) is 0 Å². The first-order valence-electron chi connectivity index (χ1n) is 8.86. The Labute approximate surface area is 160 Å². The molecule has 2 aromatic heterocycles. The van der Waals surface area contributed by atoms with Gasteiger partial charge in [0.15, 0.2) is 0 Å². The highest BCUT2D eigenvalue weighted by molar-refractivity contribution is 9.10. The predicted octanol–water partition coefficient (Wildman–Crippen LogP) is 3.53. The highest BCUT2D eigenvalue weighted by atomic mass is 79.9.